The average Bonchev–Trinajstić information content (AvgIpc) is 3.32. The number of rotatable bonds is 7. The Morgan fingerprint density at radius 3 is 2.38 bits per heavy atom. The van der Waals surface area contributed by atoms with Crippen molar-refractivity contribution in [3.63, 3.8) is 0 Å². The molecule has 1 aromatic rings. The molecule has 1 heterocycles. The normalized spacial score (nSPS) is 16.2. The van der Waals surface area contributed by atoms with Crippen LogP contribution in [-0.4, -0.2) is 29.5 Å². The van der Waals surface area contributed by atoms with Gasteiger partial charge in [-0.2, -0.15) is 13.2 Å². The minimum Gasteiger partial charge on any atom is -0.484 e. The van der Waals surface area contributed by atoms with Crippen molar-refractivity contribution < 1.29 is 27.5 Å². The summed E-state index contributed by atoms with van der Waals surface area (Å²) < 4.78 is 42.4. The Kier molecular flexibility index (Phi) is 5.63. The Morgan fingerprint density at radius 1 is 1.31 bits per heavy atom. The molecule has 1 aromatic heterocycles. The van der Waals surface area contributed by atoms with Crippen LogP contribution in [0.5, 0.6) is 5.75 Å². The van der Waals surface area contributed by atoms with E-state index in [9.17, 15) is 22.8 Å². The van der Waals surface area contributed by atoms with Crippen LogP contribution in [0, 0.1) is 11.3 Å². The molecule has 2 rings (SSSR count). The van der Waals surface area contributed by atoms with Crippen molar-refractivity contribution in [1.82, 2.24) is 4.98 Å². The van der Waals surface area contributed by atoms with Crippen LogP contribution in [0.3, 0.4) is 0 Å². The average molecular weight is 372 g/mol. The molecule has 1 atom stereocenters. The Bertz CT molecular complexity index is 692. The highest BCUT2D eigenvalue weighted by Gasteiger charge is 2.34. The number of nitrogens with two attached hydrogens (primary N) is 1. The molecule has 1 saturated carbocycles. The van der Waals surface area contributed by atoms with Gasteiger partial charge in [0.15, 0.2) is 12.4 Å². The maximum absolute atomic E-state index is 12.5. The van der Waals surface area contributed by atoms with Crippen molar-refractivity contribution in [2.75, 3.05) is 6.61 Å². The van der Waals surface area contributed by atoms with Crippen LogP contribution in [0.1, 0.15) is 62.0 Å². The molecule has 1 aliphatic carbocycles. The summed E-state index contributed by atoms with van der Waals surface area (Å²) >= 11 is 0. The van der Waals surface area contributed by atoms with Crippen LogP contribution in [-0.2, 0) is 4.79 Å². The van der Waals surface area contributed by atoms with Crippen molar-refractivity contribution in [1.29, 1.82) is 0 Å². The Labute approximate surface area is 150 Å². The molecular formula is C18H23F3N2O3. The molecule has 144 valence electrons. The third-order valence-corrected chi connectivity index (χ3v) is 4.37. The van der Waals surface area contributed by atoms with Crippen LogP contribution >= 0.6 is 0 Å². The van der Waals surface area contributed by atoms with Gasteiger partial charge in [-0.25, -0.2) is 0 Å². The first-order valence-electron chi connectivity index (χ1n) is 8.40. The highest BCUT2D eigenvalue weighted by atomic mass is 19.4. The fourth-order valence-corrected chi connectivity index (χ4v) is 2.71. The van der Waals surface area contributed by atoms with Gasteiger partial charge in [0, 0.05) is 30.2 Å². The second kappa shape index (κ2) is 7.25. The molecule has 2 N–H and O–H groups in total. The quantitative estimate of drug-likeness (QED) is 0.741. The molecule has 26 heavy (non-hydrogen) atoms. The van der Waals surface area contributed by atoms with E-state index in [2.05, 4.69) is 4.98 Å². The number of hydrogen-bond acceptors (Lipinski definition) is 4. The second-order valence-corrected chi connectivity index (χ2v) is 7.73. The lowest BCUT2D eigenvalue weighted by atomic mass is 9.77. The van der Waals surface area contributed by atoms with Gasteiger partial charge in [0.05, 0.1) is 0 Å². The summed E-state index contributed by atoms with van der Waals surface area (Å²) in [7, 11) is 0. The van der Waals surface area contributed by atoms with E-state index >= 15 is 0 Å². The number of amides is 1. The zero-order valence-electron chi connectivity index (χ0n) is 15.0. The Hall–Kier alpha value is -2.12. The van der Waals surface area contributed by atoms with E-state index in [-0.39, 0.29) is 23.8 Å². The van der Waals surface area contributed by atoms with Crippen LogP contribution < -0.4 is 10.5 Å². The molecule has 1 fully saturated rings. The summed E-state index contributed by atoms with van der Waals surface area (Å²) in [5.41, 5.74) is 5.41. The lowest BCUT2D eigenvalue weighted by Crippen LogP contribution is -2.35. The monoisotopic (exact) mass is 372 g/mol. The van der Waals surface area contributed by atoms with Gasteiger partial charge in [0.1, 0.15) is 11.4 Å². The predicted octanol–water partition coefficient (Wildman–Crippen LogP) is 3.62. The van der Waals surface area contributed by atoms with Gasteiger partial charge < -0.3 is 10.5 Å². The van der Waals surface area contributed by atoms with E-state index in [4.69, 9.17) is 10.5 Å². The number of carbonyl (C=O) groups is 2. The summed E-state index contributed by atoms with van der Waals surface area (Å²) in [4.78, 5) is 28.2. The topological polar surface area (TPSA) is 82.3 Å². The van der Waals surface area contributed by atoms with Crippen molar-refractivity contribution in [3.8, 4) is 5.75 Å². The zero-order valence-corrected chi connectivity index (χ0v) is 15.0. The first-order valence-corrected chi connectivity index (χ1v) is 8.40. The van der Waals surface area contributed by atoms with Crippen LogP contribution in [0.15, 0.2) is 12.3 Å². The summed E-state index contributed by atoms with van der Waals surface area (Å²) in [5, 5.41) is 0. The number of pyridine rings is 1. The van der Waals surface area contributed by atoms with Crippen LogP contribution in [0.25, 0.3) is 0 Å². The molecule has 5 nitrogen and oxygen atoms in total. The van der Waals surface area contributed by atoms with Gasteiger partial charge in [-0.3, -0.25) is 14.6 Å². The number of aromatic nitrogens is 1. The first-order chi connectivity index (χ1) is 11.9. The number of primary amides is 1. The molecule has 0 radical (unpaired) electrons. The molecule has 1 unspecified atom stereocenters. The van der Waals surface area contributed by atoms with Gasteiger partial charge in [-0.15, -0.1) is 0 Å². The number of ether oxygens (including phenoxy) is 1. The highest BCUT2D eigenvalue weighted by Crippen LogP contribution is 2.44. The van der Waals surface area contributed by atoms with Gasteiger partial charge in [-0.05, 0) is 24.2 Å². The largest absolute Gasteiger partial charge is 0.484 e. The third-order valence-electron chi connectivity index (χ3n) is 4.37. The van der Waals surface area contributed by atoms with Gasteiger partial charge in [0.2, 0.25) is 5.91 Å². The minimum atomic E-state index is -4.47. The van der Waals surface area contributed by atoms with Gasteiger partial charge in [-0.1, -0.05) is 20.8 Å². The standard InChI is InChI=1S/C18H23F3N2O3/c1-17(2,3)12(16(22)25)6-14(24)13-7-15(26-9-18(19,20)21)11(8-23-13)10-4-5-10/h7-8,10,12H,4-6,9H2,1-3H3,(H2,22,25). The SMILES string of the molecule is CC(C)(C)C(CC(=O)c1cc(OCC(F)(F)F)c(C2CC2)cn1)C(N)=O. The summed E-state index contributed by atoms with van der Waals surface area (Å²) in [6, 6.07) is 1.24. The maximum atomic E-state index is 12.5. The van der Waals surface area contributed by atoms with E-state index < -0.39 is 35.8 Å². The lowest BCUT2D eigenvalue weighted by Gasteiger charge is -2.27. The molecule has 8 heteroatoms. The number of ketones is 1. The van der Waals surface area contributed by atoms with Gasteiger partial charge in [0.25, 0.3) is 0 Å². The second-order valence-electron chi connectivity index (χ2n) is 7.73. The molecule has 0 spiro atoms. The van der Waals surface area contributed by atoms with E-state index in [1.54, 1.807) is 20.8 Å². The van der Waals surface area contributed by atoms with Crippen molar-refractivity contribution >= 4 is 11.7 Å². The predicted molar refractivity (Wildman–Crippen MR) is 88.8 cm³/mol. The smallest absolute Gasteiger partial charge is 0.422 e. The highest BCUT2D eigenvalue weighted by molar-refractivity contribution is 5.97. The fraction of sp³-hybridized carbons (Fsp3) is 0.611. The van der Waals surface area contributed by atoms with E-state index in [1.165, 1.54) is 12.3 Å². The minimum absolute atomic E-state index is 0.0227. The number of alkyl halides is 3. The van der Waals surface area contributed by atoms with Crippen molar-refractivity contribution in [3.05, 3.63) is 23.5 Å². The molecule has 0 aromatic carbocycles. The number of Topliss-reactive ketones (excluding diaryl/α,β-unsaturated/α-hetero) is 1. The van der Waals surface area contributed by atoms with E-state index in [0.29, 0.717) is 5.56 Å². The fourth-order valence-electron chi connectivity index (χ4n) is 2.71. The van der Waals surface area contributed by atoms with Crippen molar-refractivity contribution in [2.45, 2.75) is 52.1 Å². The lowest BCUT2D eigenvalue weighted by molar-refractivity contribution is -0.153. The molecular weight excluding hydrogens is 349 g/mol. The van der Waals surface area contributed by atoms with Gasteiger partial charge >= 0.3 is 6.18 Å². The number of nitrogens with zero attached hydrogens (tertiary/aromatic N) is 1. The maximum Gasteiger partial charge on any atom is 0.422 e. The first kappa shape index (κ1) is 20.2. The summed E-state index contributed by atoms with van der Waals surface area (Å²) in [5.74, 6) is -1.63. The molecule has 1 amide bonds. The number of hydrogen-bond donors (Lipinski definition) is 1. The molecule has 1 aliphatic rings. The summed E-state index contributed by atoms with van der Waals surface area (Å²) in [6.45, 7) is 3.93. The third kappa shape index (κ3) is 5.44. The van der Waals surface area contributed by atoms with E-state index in [0.717, 1.165) is 12.8 Å². The number of carbonyl (C=O) groups excluding carboxylic acids is 2. The van der Waals surface area contributed by atoms with E-state index in [1.807, 2.05) is 0 Å². The Morgan fingerprint density at radius 2 is 1.92 bits per heavy atom. The van der Waals surface area contributed by atoms with Crippen LogP contribution in [0.2, 0.25) is 0 Å². The molecule has 0 bridgehead atoms. The number of halogens is 3. The molecule has 0 saturated heterocycles. The zero-order chi connectivity index (χ0) is 19.7. The van der Waals surface area contributed by atoms with Crippen molar-refractivity contribution in [2.24, 2.45) is 17.1 Å². The van der Waals surface area contributed by atoms with Crippen LogP contribution in [0.4, 0.5) is 13.2 Å². The molecule has 0 aliphatic heterocycles. The Balaban J connectivity index is 2.23. The summed E-state index contributed by atoms with van der Waals surface area (Å²) in [6.07, 6.45) is -1.53.